The third-order valence-corrected chi connectivity index (χ3v) is 4.44. The van der Waals surface area contributed by atoms with Crippen LogP contribution in [0.4, 0.5) is 5.69 Å². The maximum Gasteiger partial charge on any atom is 0.269 e. The van der Waals surface area contributed by atoms with E-state index < -0.39 is 0 Å². The minimum Gasteiger partial charge on any atom is -0.373 e. The van der Waals surface area contributed by atoms with Gasteiger partial charge in [0, 0.05) is 37.4 Å². The number of amides is 2. The third-order valence-electron chi connectivity index (χ3n) is 4.44. The molecule has 0 bridgehead atoms. The molecular weight excluding hydrogens is 332 g/mol. The largest absolute Gasteiger partial charge is 0.373 e. The molecule has 26 heavy (non-hydrogen) atoms. The van der Waals surface area contributed by atoms with E-state index in [1.807, 2.05) is 30.9 Å². The lowest BCUT2D eigenvalue weighted by Gasteiger charge is -2.34. The van der Waals surface area contributed by atoms with Gasteiger partial charge in [0.1, 0.15) is 0 Å². The molecule has 1 aromatic rings. The molecule has 1 aliphatic rings. The topological polar surface area (TPSA) is 73.9 Å². The molecule has 0 spiro atoms. The Kier molecular flexibility index (Phi) is 7.41. The Morgan fingerprint density at radius 2 is 1.65 bits per heavy atom. The van der Waals surface area contributed by atoms with Gasteiger partial charge in [-0.1, -0.05) is 0 Å². The van der Waals surface area contributed by atoms with Crippen LogP contribution in [0.25, 0.3) is 0 Å². The summed E-state index contributed by atoms with van der Waals surface area (Å²) < 4.78 is 5.65. The van der Waals surface area contributed by atoms with Crippen molar-refractivity contribution in [3.8, 4) is 0 Å². The maximum absolute atomic E-state index is 12.2. The van der Waals surface area contributed by atoms with Crippen molar-refractivity contribution in [3.05, 3.63) is 29.8 Å². The van der Waals surface area contributed by atoms with E-state index in [1.165, 1.54) is 0 Å². The zero-order valence-electron chi connectivity index (χ0n) is 16.1. The number of nitrogens with zero attached hydrogens (tertiary/aromatic N) is 2. The van der Waals surface area contributed by atoms with E-state index in [0.717, 1.165) is 18.8 Å². The minimum absolute atomic E-state index is 0.102. The fraction of sp³-hybridized carbons (Fsp3) is 0.579. The molecule has 144 valence electrons. The number of carbonyl (C=O) groups is 2. The first-order valence-electron chi connectivity index (χ1n) is 9.24. The number of carbonyl (C=O) groups excluding carboxylic acids is 2. The fourth-order valence-electron chi connectivity index (χ4n) is 3.27. The molecule has 0 aliphatic carbocycles. The first kappa shape index (κ1) is 20.2. The molecular formula is C19H30N4O3. The average Bonchev–Trinajstić information content (AvgIpc) is 2.60. The van der Waals surface area contributed by atoms with Crippen molar-refractivity contribution in [2.75, 3.05) is 37.6 Å². The quantitative estimate of drug-likeness (QED) is 0.749. The highest BCUT2D eigenvalue weighted by Crippen LogP contribution is 2.14. The van der Waals surface area contributed by atoms with Crippen molar-refractivity contribution in [3.63, 3.8) is 0 Å². The van der Waals surface area contributed by atoms with E-state index in [2.05, 4.69) is 29.6 Å². The lowest BCUT2D eigenvalue weighted by Crippen LogP contribution is -2.51. The third kappa shape index (κ3) is 5.71. The van der Waals surface area contributed by atoms with Gasteiger partial charge in [0.05, 0.1) is 18.8 Å². The van der Waals surface area contributed by atoms with E-state index in [4.69, 9.17) is 4.74 Å². The molecule has 2 N–H and O–H groups in total. The summed E-state index contributed by atoms with van der Waals surface area (Å²) in [5.74, 6) is -0.562. The second-order valence-corrected chi connectivity index (χ2v) is 6.67. The van der Waals surface area contributed by atoms with Gasteiger partial charge in [-0.15, -0.1) is 0 Å². The summed E-state index contributed by atoms with van der Waals surface area (Å²) in [6, 6.07) is 7.36. The number of rotatable bonds is 6. The molecule has 7 heteroatoms. The molecule has 0 unspecified atom stereocenters. The van der Waals surface area contributed by atoms with E-state index in [0.29, 0.717) is 18.7 Å². The van der Waals surface area contributed by atoms with Gasteiger partial charge in [-0.3, -0.25) is 25.3 Å². The molecule has 7 nitrogen and oxygen atoms in total. The Labute approximate surface area is 155 Å². The molecule has 0 radical (unpaired) electrons. The molecule has 0 aromatic heterocycles. The number of ether oxygens (including phenoxy) is 1. The van der Waals surface area contributed by atoms with Crippen LogP contribution in [0.5, 0.6) is 0 Å². The normalized spacial score (nSPS) is 20.5. The van der Waals surface area contributed by atoms with Crippen molar-refractivity contribution < 1.29 is 14.3 Å². The van der Waals surface area contributed by atoms with Crippen LogP contribution < -0.4 is 15.8 Å². The van der Waals surface area contributed by atoms with Gasteiger partial charge in [0.2, 0.25) is 0 Å². The number of hydrazine groups is 1. The van der Waals surface area contributed by atoms with Crippen LogP contribution in [0.15, 0.2) is 24.3 Å². The van der Waals surface area contributed by atoms with Crippen molar-refractivity contribution in [1.82, 2.24) is 15.8 Å². The highest BCUT2D eigenvalue weighted by molar-refractivity contribution is 5.95. The van der Waals surface area contributed by atoms with Crippen molar-refractivity contribution >= 4 is 17.5 Å². The average molecular weight is 362 g/mol. The van der Waals surface area contributed by atoms with E-state index in [9.17, 15) is 9.59 Å². The number of morpholine rings is 1. The Hall–Kier alpha value is -2.12. The number of anilines is 1. The first-order chi connectivity index (χ1) is 12.4. The Morgan fingerprint density at radius 1 is 1.08 bits per heavy atom. The molecule has 1 saturated heterocycles. The highest BCUT2D eigenvalue weighted by atomic mass is 16.5. The highest BCUT2D eigenvalue weighted by Gasteiger charge is 2.23. The van der Waals surface area contributed by atoms with Crippen LogP contribution in [0.3, 0.4) is 0 Å². The lowest BCUT2D eigenvalue weighted by molar-refractivity contribution is -0.126. The first-order valence-corrected chi connectivity index (χ1v) is 9.24. The fourth-order valence-corrected chi connectivity index (χ4v) is 3.27. The van der Waals surface area contributed by atoms with Gasteiger partial charge >= 0.3 is 0 Å². The minimum atomic E-state index is -0.326. The van der Waals surface area contributed by atoms with E-state index >= 15 is 0 Å². The number of hydrogen-bond donors (Lipinski definition) is 2. The van der Waals surface area contributed by atoms with Gasteiger partial charge in [-0.25, -0.2) is 0 Å². The maximum atomic E-state index is 12.2. The summed E-state index contributed by atoms with van der Waals surface area (Å²) in [6.07, 6.45) is 0.205. The van der Waals surface area contributed by atoms with Crippen LogP contribution >= 0.6 is 0 Å². The molecule has 2 amide bonds. The Balaban J connectivity index is 1.81. The summed E-state index contributed by atoms with van der Waals surface area (Å²) in [7, 11) is 0. The molecule has 2 atom stereocenters. The van der Waals surface area contributed by atoms with Crippen LogP contribution in [0.1, 0.15) is 38.1 Å². The molecule has 2 rings (SSSR count). The van der Waals surface area contributed by atoms with E-state index in [-0.39, 0.29) is 30.6 Å². The smallest absolute Gasteiger partial charge is 0.269 e. The van der Waals surface area contributed by atoms with Gasteiger partial charge in [0.15, 0.2) is 0 Å². The monoisotopic (exact) mass is 362 g/mol. The van der Waals surface area contributed by atoms with Crippen molar-refractivity contribution in [2.45, 2.75) is 39.9 Å². The van der Waals surface area contributed by atoms with Crippen LogP contribution in [-0.2, 0) is 9.53 Å². The molecule has 1 heterocycles. The van der Waals surface area contributed by atoms with Gasteiger partial charge < -0.3 is 9.64 Å². The molecule has 1 aliphatic heterocycles. The van der Waals surface area contributed by atoms with Gasteiger partial charge in [0.25, 0.3) is 11.8 Å². The van der Waals surface area contributed by atoms with E-state index in [1.54, 1.807) is 12.1 Å². The summed E-state index contributed by atoms with van der Waals surface area (Å²) in [6.45, 7) is 11.6. The van der Waals surface area contributed by atoms with Gasteiger partial charge in [-0.2, -0.15) is 0 Å². The Morgan fingerprint density at radius 3 is 2.19 bits per heavy atom. The molecule has 1 aromatic carbocycles. The van der Waals surface area contributed by atoms with Crippen LogP contribution in [0.2, 0.25) is 0 Å². The molecule has 0 saturated carbocycles. The second-order valence-electron chi connectivity index (χ2n) is 6.67. The number of hydrogen-bond acceptors (Lipinski definition) is 5. The predicted octanol–water partition coefficient (Wildman–Crippen LogP) is 1.40. The SMILES string of the molecule is CCN(CC)c1ccc(C(=O)NNC(=O)CN2C[C@@H](C)O[C@@H](C)C2)cc1. The zero-order chi connectivity index (χ0) is 19.1. The Bertz CT molecular complexity index is 591. The standard InChI is InChI=1S/C19H30N4O3/c1-5-23(6-2)17-9-7-16(8-10-17)19(25)21-20-18(24)13-22-11-14(3)26-15(4)12-22/h7-10,14-15H,5-6,11-13H2,1-4H3,(H,20,24)(H,21,25)/t14-,15+. The summed E-state index contributed by atoms with van der Waals surface area (Å²) >= 11 is 0. The van der Waals surface area contributed by atoms with Crippen LogP contribution in [-0.4, -0.2) is 61.6 Å². The van der Waals surface area contributed by atoms with Crippen molar-refractivity contribution in [1.29, 1.82) is 0 Å². The van der Waals surface area contributed by atoms with Crippen LogP contribution in [0, 0.1) is 0 Å². The van der Waals surface area contributed by atoms with Gasteiger partial charge in [-0.05, 0) is 52.0 Å². The molecule has 1 fully saturated rings. The van der Waals surface area contributed by atoms with Crippen molar-refractivity contribution in [2.24, 2.45) is 0 Å². The second kappa shape index (κ2) is 9.54. The predicted molar refractivity (Wildman–Crippen MR) is 102 cm³/mol. The summed E-state index contributed by atoms with van der Waals surface area (Å²) in [5, 5.41) is 0. The number of benzene rings is 1. The summed E-state index contributed by atoms with van der Waals surface area (Å²) in [5.41, 5.74) is 6.55. The zero-order valence-corrected chi connectivity index (χ0v) is 16.1. The lowest BCUT2D eigenvalue weighted by atomic mass is 10.2. The number of nitrogens with one attached hydrogen (secondary N) is 2. The summed E-state index contributed by atoms with van der Waals surface area (Å²) in [4.78, 5) is 28.5.